The van der Waals surface area contributed by atoms with Crippen molar-refractivity contribution in [2.45, 2.75) is 32.5 Å². The fourth-order valence-corrected chi connectivity index (χ4v) is 4.50. The number of nitrogens with one attached hydrogen (secondary N) is 1. The number of fused-ring (bicyclic) bond motifs is 1. The van der Waals surface area contributed by atoms with Crippen LogP contribution in [0.1, 0.15) is 22.9 Å². The second-order valence-corrected chi connectivity index (χ2v) is 8.88. The van der Waals surface area contributed by atoms with E-state index in [2.05, 4.69) is 34.7 Å². The number of hydrogen-bond donors (Lipinski definition) is 1. The van der Waals surface area contributed by atoms with Crippen LogP contribution < -0.4 is 19.5 Å². The van der Waals surface area contributed by atoms with Crippen LogP contribution in [-0.2, 0) is 24.3 Å². The lowest BCUT2D eigenvalue weighted by atomic mass is 10.1. The monoisotopic (exact) mass is 452 g/mol. The normalized spacial score (nSPS) is 13.2. The molecule has 1 unspecified atom stereocenters. The SMILES string of the molecule is COc1ccc(CN(CC(=O)NCc2ccc3c(c2)OCO3)C(C)Cc2cccs2)cc1. The Kier molecular flexibility index (Phi) is 7.29. The van der Waals surface area contributed by atoms with E-state index in [1.54, 1.807) is 18.4 Å². The molecule has 0 radical (unpaired) electrons. The summed E-state index contributed by atoms with van der Waals surface area (Å²) in [5.74, 6) is 2.29. The van der Waals surface area contributed by atoms with E-state index in [4.69, 9.17) is 14.2 Å². The van der Waals surface area contributed by atoms with Gasteiger partial charge in [0.15, 0.2) is 11.5 Å². The fourth-order valence-electron chi connectivity index (χ4n) is 3.67. The summed E-state index contributed by atoms with van der Waals surface area (Å²) in [5.41, 5.74) is 2.13. The number of rotatable bonds is 10. The molecular formula is C25H28N2O4S. The maximum absolute atomic E-state index is 12.8. The van der Waals surface area contributed by atoms with E-state index >= 15 is 0 Å². The van der Waals surface area contributed by atoms with Crippen LogP contribution in [0.2, 0.25) is 0 Å². The summed E-state index contributed by atoms with van der Waals surface area (Å²) >= 11 is 1.75. The molecule has 0 bridgehead atoms. The third kappa shape index (κ3) is 5.81. The van der Waals surface area contributed by atoms with E-state index in [1.165, 1.54) is 4.88 Å². The van der Waals surface area contributed by atoms with E-state index < -0.39 is 0 Å². The molecule has 1 atom stereocenters. The minimum atomic E-state index is -0.00536. The molecule has 0 saturated heterocycles. The Labute approximate surface area is 192 Å². The Morgan fingerprint density at radius 3 is 2.66 bits per heavy atom. The van der Waals surface area contributed by atoms with Gasteiger partial charge in [-0.2, -0.15) is 0 Å². The molecule has 2 heterocycles. The lowest BCUT2D eigenvalue weighted by Crippen LogP contribution is -2.42. The molecule has 1 aliphatic rings. The van der Waals surface area contributed by atoms with Gasteiger partial charge >= 0.3 is 0 Å². The van der Waals surface area contributed by atoms with Gasteiger partial charge in [0.2, 0.25) is 12.7 Å². The van der Waals surface area contributed by atoms with Gasteiger partial charge in [0.05, 0.1) is 13.7 Å². The van der Waals surface area contributed by atoms with Gasteiger partial charge in [-0.15, -0.1) is 11.3 Å². The van der Waals surface area contributed by atoms with Crippen molar-refractivity contribution >= 4 is 17.2 Å². The number of benzene rings is 2. The largest absolute Gasteiger partial charge is 0.497 e. The van der Waals surface area contributed by atoms with Gasteiger partial charge in [-0.1, -0.05) is 24.3 Å². The second-order valence-electron chi connectivity index (χ2n) is 7.85. The second kappa shape index (κ2) is 10.5. The predicted octanol–water partition coefficient (Wildman–Crippen LogP) is 4.24. The summed E-state index contributed by atoms with van der Waals surface area (Å²) in [7, 11) is 1.66. The summed E-state index contributed by atoms with van der Waals surface area (Å²) in [5, 5.41) is 5.14. The standard InChI is InChI=1S/C25H28N2O4S/c1-18(12-22-4-3-11-32-22)27(15-19-5-8-21(29-2)9-6-19)16-25(28)26-14-20-7-10-23-24(13-20)31-17-30-23/h3-11,13,18H,12,14-17H2,1-2H3,(H,26,28). The third-order valence-electron chi connectivity index (χ3n) is 5.52. The molecule has 7 heteroatoms. The minimum absolute atomic E-state index is 0.00536. The van der Waals surface area contributed by atoms with Gasteiger partial charge in [-0.25, -0.2) is 0 Å². The highest BCUT2D eigenvalue weighted by atomic mass is 32.1. The molecule has 32 heavy (non-hydrogen) atoms. The highest BCUT2D eigenvalue weighted by Crippen LogP contribution is 2.32. The van der Waals surface area contributed by atoms with E-state index in [9.17, 15) is 4.79 Å². The maximum Gasteiger partial charge on any atom is 0.234 e. The van der Waals surface area contributed by atoms with Gasteiger partial charge in [0.1, 0.15) is 5.75 Å². The van der Waals surface area contributed by atoms with Gasteiger partial charge in [0.25, 0.3) is 0 Å². The van der Waals surface area contributed by atoms with Crippen LogP contribution in [-0.4, -0.2) is 37.3 Å². The Hall–Kier alpha value is -3.03. The summed E-state index contributed by atoms with van der Waals surface area (Å²) in [6.07, 6.45) is 0.906. The Balaban J connectivity index is 1.39. The van der Waals surface area contributed by atoms with Gasteiger partial charge in [-0.3, -0.25) is 9.69 Å². The van der Waals surface area contributed by atoms with Gasteiger partial charge in [-0.05, 0) is 60.2 Å². The van der Waals surface area contributed by atoms with Crippen molar-refractivity contribution in [3.63, 3.8) is 0 Å². The smallest absolute Gasteiger partial charge is 0.234 e. The molecule has 1 aromatic heterocycles. The maximum atomic E-state index is 12.8. The zero-order chi connectivity index (χ0) is 22.3. The summed E-state index contributed by atoms with van der Waals surface area (Å²) in [6.45, 7) is 3.88. The Morgan fingerprint density at radius 2 is 1.91 bits per heavy atom. The van der Waals surface area contributed by atoms with Gasteiger partial charge in [0, 0.05) is 24.0 Å². The van der Waals surface area contributed by atoms with Crippen LogP contribution in [0.3, 0.4) is 0 Å². The van der Waals surface area contributed by atoms with E-state index in [1.807, 2.05) is 42.5 Å². The zero-order valence-electron chi connectivity index (χ0n) is 18.4. The fraction of sp³-hybridized carbons (Fsp3) is 0.320. The molecule has 4 rings (SSSR count). The van der Waals surface area contributed by atoms with Gasteiger partial charge < -0.3 is 19.5 Å². The molecule has 3 aromatic rings. The van der Waals surface area contributed by atoms with Crippen LogP contribution >= 0.6 is 11.3 Å². The number of methoxy groups -OCH3 is 1. The number of thiophene rings is 1. The number of hydrogen-bond acceptors (Lipinski definition) is 6. The van der Waals surface area contributed by atoms with Crippen LogP contribution in [0.25, 0.3) is 0 Å². The summed E-state index contributed by atoms with van der Waals surface area (Å²) in [4.78, 5) is 16.4. The van der Waals surface area contributed by atoms with Crippen LogP contribution in [0.4, 0.5) is 0 Å². The van der Waals surface area contributed by atoms with Crippen molar-refractivity contribution in [2.24, 2.45) is 0 Å². The van der Waals surface area contributed by atoms with Crippen LogP contribution in [0, 0.1) is 0 Å². The molecule has 1 N–H and O–H groups in total. The molecule has 0 saturated carbocycles. The minimum Gasteiger partial charge on any atom is -0.497 e. The van der Waals surface area contributed by atoms with Crippen molar-refractivity contribution in [3.8, 4) is 17.2 Å². The lowest BCUT2D eigenvalue weighted by Gasteiger charge is -2.28. The number of amides is 1. The predicted molar refractivity (Wildman–Crippen MR) is 125 cm³/mol. The molecule has 2 aromatic carbocycles. The molecular weight excluding hydrogens is 424 g/mol. The first-order valence-electron chi connectivity index (χ1n) is 10.7. The number of carbonyl (C=O) groups is 1. The highest BCUT2D eigenvalue weighted by Gasteiger charge is 2.19. The topological polar surface area (TPSA) is 60.0 Å². The molecule has 168 valence electrons. The van der Waals surface area contributed by atoms with Crippen molar-refractivity contribution in [3.05, 3.63) is 76.0 Å². The highest BCUT2D eigenvalue weighted by molar-refractivity contribution is 7.09. The summed E-state index contributed by atoms with van der Waals surface area (Å²) in [6, 6.07) is 18.2. The average Bonchev–Trinajstić information content (AvgIpc) is 3.49. The van der Waals surface area contributed by atoms with Crippen LogP contribution in [0.15, 0.2) is 60.0 Å². The van der Waals surface area contributed by atoms with Crippen molar-refractivity contribution < 1.29 is 19.0 Å². The molecule has 0 fully saturated rings. The first kappa shape index (κ1) is 22.2. The van der Waals surface area contributed by atoms with E-state index in [0.717, 1.165) is 34.8 Å². The first-order valence-corrected chi connectivity index (χ1v) is 11.5. The molecule has 1 amide bonds. The Morgan fingerprint density at radius 1 is 1.12 bits per heavy atom. The number of carbonyl (C=O) groups excluding carboxylic acids is 1. The van der Waals surface area contributed by atoms with E-state index in [0.29, 0.717) is 19.6 Å². The van der Waals surface area contributed by atoms with Crippen molar-refractivity contribution in [1.82, 2.24) is 10.2 Å². The van der Waals surface area contributed by atoms with E-state index in [-0.39, 0.29) is 18.7 Å². The van der Waals surface area contributed by atoms with Crippen LogP contribution in [0.5, 0.6) is 17.2 Å². The third-order valence-corrected chi connectivity index (χ3v) is 6.42. The van der Waals surface area contributed by atoms with Crippen molar-refractivity contribution in [2.75, 3.05) is 20.4 Å². The quantitative estimate of drug-likeness (QED) is 0.499. The molecule has 0 spiro atoms. The van der Waals surface area contributed by atoms with Crippen molar-refractivity contribution in [1.29, 1.82) is 0 Å². The summed E-state index contributed by atoms with van der Waals surface area (Å²) < 4.78 is 16.0. The Bertz CT molecular complexity index is 1020. The number of ether oxygens (including phenoxy) is 3. The number of nitrogens with zero attached hydrogens (tertiary/aromatic N) is 1. The first-order chi connectivity index (χ1) is 15.6. The molecule has 1 aliphatic heterocycles. The molecule has 0 aliphatic carbocycles. The average molecular weight is 453 g/mol. The lowest BCUT2D eigenvalue weighted by molar-refractivity contribution is -0.123. The molecule has 6 nitrogen and oxygen atoms in total. The zero-order valence-corrected chi connectivity index (χ0v) is 19.2.